The van der Waals surface area contributed by atoms with Crippen molar-refractivity contribution in [2.75, 3.05) is 0 Å². The van der Waals surface area contributed by atoms with Crippen LogP contribution in [0.2, 0.25) is 0 Å². The minimum atomic E-state index is -4.43. The van der Waals surface area contributed by atoms with E-state index in [1.165, 1.54) is 12.3 Å². The molecule has 2 nitrogen and oxygen atoms in total. The first-order chi connectivity index (χ1) is 8.90. The number of alkyl halides is 3. The van der Waals surface area contributed by atoms with Crippen LogP contribution in [0.25, 0.3) is 11.1 Å². The van der Waals surface area contributed by atoms with Crippen LogP contribution in [0.1, 0.15) is 21.5 Å². The molecule has 0 fully saturated rings. The molecule has 98 valence electrons. The number of aromatic nitrogens is 1. The SMILES string of the molecule is Cc1cc(C=O)cc(-c2cncc(C(F)(F)F)c2)c1. The van der Waals surface area contributed by atoms with E-state index in [-0.39, 0.29) is 0 Å². The van der Waals surface area contributed by atoms with Crippen molar-refractivity contribution >= 4 is 6.29 Å². The average Bonchev–Trinajstić information content (AvgIpc) is 2.37. The summed E-state index contributed by atoms with van der Waals surface area (Å²) in [5.74, 6) is 0. The van der Waals surface area contributed by atoms with Crippen molar-refractivity contribution in [1.29, 1.82) is 0 Å². The highest BCUT2D eigenvalue weighted by Gasteiger charge is 2.31. The third-order valence-electron chi connectivity index (χ3n) is 2.63. The molecular formula is C14H10F3NO. The van der Waals surface area contributed by atoms with Gasteiger partial charge in [-0.15, -0.1) is 0 Å². The summed E-state index contributed by atoms with van der Waals surface area (Å²) in [5, 5.41) is 0. The Kier molecular flexibility index (Phi) is 3.38. The number of pyridine rings is 1. The summed E-state index contributed by atoms with van der Waals surface area (Å²) in [6, 6.07) is 5.94. The molecule has 0 atom stereocenters. The molecule has 19 heavy (non-hydrogen) atoms. The van der Waals surface area contributed by atoms with E-state index in [2.05, 4.69) is 4.98 Å². The van der Waals surface area contributed by atoms with E-state index in [9.17, 15) is 18.0 Å². The normalized spacial score (nSPS) is 11.4. The largest absolute Gasteiger partial charge is 0.417 e. The van der Waals surface area contributed by atoms with Crippen LogP contribution in [0.15, 0.2) is 36.7 Å². The fourth-order valence-electron chi connectivity index (χ4n) is 1.80. The highest BCUT2D eigenvalue weighted by atomic mass is 19.4. The average molecular weight is 265 g/mol. The highest BCUT2D eigenvalue weighted by molar-refractivity contribution is 5.79. The number of hydrogen-bond acceptors (Lipinski definition) is 2. The summed E-state index contributed by atoms with van der Waals surface area (Å²) in [4.78, 5) is 14.4. The van der Waals surface area contributed by atoms with Crippen LogP contribution in [0.3, 0.4) is 0 Å². The third-order valence-corrected chi connectivity index (χ3v) is 2.63. The van der Waals surface area contributed by atoms with Gasteiger partial charge in [0.1, 0.15) is 6.29 Å². The van der Waals surface area contributed by atoms with Gasteiger partial charge in [-0.25, -0.2) is 0 Å². The van der Waals surface area contributed by atoms with Crippen LogP contribution in [-0.2, 0) is 6.18 Å². The molecule has 0 aliphatic rings. The lowest BCUT2D eigenvalue weighted by Gasteiger charge is -2.09. The van der Waals surface area contributed by atoms with E-state index >= 15 is 0 Å². The van der Waals surface area contributed by atoms with Gasteiger partial charge in [0.25, 0.3) is 0 Å². The second-order valence-corrected chi connectivity index (χ2v) is 4.21. The Labute approximate surface area is 107 Å². The summed E-state index contributed by atoms with van der Waals surface area (Å²) in [5.41, 5.74) is 1.30. The Morgan fingerprint density at radius 2 is 1.79 bits per heavy atom. The van der Waals surface area contributed by atoms with Crippen molar-refractivity contribution < 1.29 is 18.0 Å². The van der Waals surface area contributed by atoms with Gasteiger partial charge in [0.15, 0.2) is 0 Å². The predicted octanol–water partition coefficient (Wildman–Crippen LogP) is 3.89. The van der Waals surface area contributed by atoms with E-state index in [4.69, 9.17) is 0 Å². The molecule has 0 N–H and O–H groups in total. The Balaban J connectivity index is 2.53. The number of carbonyl (C=O) groups is 1. The van der Waals surface area contributed by atoms with Crippen LogP contribution in [0.5, 0.6) is 0 Å². The molecule has 0 saturated carbocycles. The maximum absolute atomic E-state index is 12.6. The Bertz CT molecular complexity index is 620. The number of rotatable bonds is 2. The molecule has 0 aliphatic carbocycles. The quantitative estimate of drug-likeness (QED) is 0.771. The van der Waals surface area contributed by atoms with Gasteiger partial charge >= 0.3 is 6.18 Å². The van der Waals surface area contributed by atoms with Gasteiger partial charge in [0, 0.05) is 23.5 Å². The standard InChI is InChI=1S/C14H10F3NO/c1-9-2-10(8-19)4-11(3-9)12-5-13(7-18-6-12)14(15,16)17/h2-8H,1H3. The van der Waals surface area contributed by atoms with E-state index in [0.29, 0.717) is 23.0 Å². The zero-order valence-corrected chi connectivity index (χ0v) is 10.0. The zero-order chi connectivity index (χ0) is 14.0. The molecule has 0 unspecified atom stereocenters. The van der Waals surface area contributed by atoms with Crippen LogP contribution in [0.4, 0.5) is 13.2 Å². The molecular weight excluding hydrogens is 255 g/mol. The molecule has 5 heteroatoms. The number of nitrogens with zero attached hydrogens (tertiary/aromatic N) is 1. The van der Waals surface area contributed by atoms with Crippen LogP contribution in [0, 0.1) is 6.92 Å². The van der Waals surface area contributed by atoms with E-state index in [1.807, 2.05) is 0 Å². The van der Waals surface area contributed by atoms with E-state index in [0.717, 1.165) is 17.8 Å². The Morgan fingerprint density at radius 1 is 1.05 bits per heavy atom. The molecule has 0 bridgehead atoms. The second-order valence-electron chi connectivity index (χ2n) is 4.21. The number of carbonyl (C=O) groups excluding carboxylic acids is 1. The smallest absolute Gasteiger partial charge is 0.298 e. The lowest BCUT2D eigenvalue weighted by molar-refractivity contribution is -0.137. The van der Waals surface area contributed by atoms with Gasteiger partial charge in [0.05, 0.1) is 5.56 Å². The number of benzene rings is 1. The fraction of sp³-hybridized carbons (Fsp3) is 0.143. The second kappa shape index (κ2) is 4.84. The maximum atomic E-state index is 12.6. The fourth-order valence-corrected chi connectivity index (χ4v) is 1.80. The van der Waals surface area contributed by atoms with Crippen LogP contribution < -0.4 is 0 Å². The van der Waals surface area contributed by atoms with Crippen molar-refractivity contribution in [2.45, 2.75) is 13.1 Å². The lowest BCUT2D eigenvalue weighted by Crippen LogP contribution is -2.05. The molecule has 1 aromatic heterocycles. The van der Waals surface area contributed by atoms with Crippen molar-refractivity contribution in [3.8, 4) is 11.1 Å². The topological polar surface area (TPSA) is 30.0 Å². The van der Waals surface area contributed by atoms with Gasteiger partial charge in [-0.05, 0) is 36.2 Å². The molecule has 1 aromatic carbocycles. The third kappa shape index (κ3) is 2.99. The number of aryl methyl sites for hydroxylation is 1. The Hall–Kier alpha value is -2.17. The van der Waals surface area contributed by atoms with Crippen LogP contribution in [-0.4, -0.2) is 11.3 Å². The summed E-state index contributed by atoms with van der Waals surface area (Å²) in [6.45, 7) is 1.78. The van der Waals surface area contributed by atoms with Gasteiger partial charge in [0.2, 0.25) is 0 Å². The molecule has 0 spiro atoms. The minimum absolute atomic E-state index is 0.335. The molecule has 1 heterocycles. The van der Waals surface area contributed by atoms with Crippen molar-refractivity contribution in [3.05, 3.63) is 53.3 Å². The molecule has 0 saturated heterocycles. The summed E-state index contributed by atoms with van der Waals surface area (Å²) >= 11 is 0. The number of aldehydes is 1. The van der Waals surface area contributed by atoms with Gasteiger partial charge in [-0.1, -0.05) is 6.07 Å². The Morgan fingerprint density at radius 3 is 2.42 bits per heavy atom. The first-order valence-corrected chi connectivity index (χ1v) is 5.49. The van der Waals surface area contributed by atoms with Gasteiger partial charge < -0.3 is 0 Å². The lowest BCUT2D eigenvalue weighted by atomic mass is 10.0. The van der Waals surface area contributed by atoms with Gasteiger partial charge in [-0.3, -0.25) is 9.78 Å². The van der Waals surface area contributed by atoms with Gasteiger partial charge in [-0.2, -0.15) is 13.2 Å². The number of hydrogen-bond donors (Lipinski definition) is 0. The first-order valence-electron chi connectivity index (χ1n) is 5.49. The molecule has 0 radical (unpaired) electrons. The summed E-state index contributed by atoms with van der Waals surface area (Å²) in [6.07, 6.45) is -1.64. The first kappa shape index (κ1) is 13.3. The van der Waals surface area contributed by atoms with Crippen molar-refractivity contribution in [3.63, 3.8) is 0 Å². The maximum Gasteiger partial charge on any atom is 0.417 e. The summed E-state index contributed by atoms with van der Waals surface area (Å²) < 4.78 is 37.8. The molecule has 0 amide bonds. The predicted molar refractivity (Wildman–Crippen MR) is 64.8 cm³/mol. The summed E-state index contributed by atoms with van der Waals surface area (Å²) in [7, 11) is 0. The molecule has 2 aromatic rings. The number of halogens is 3. The van der Waals surface area contributed by atoms with Crippen LogP contribution >= 0.6 is 0 Å². The zero-order valence-electron chi connectivity index (χ0n) is 10.0. The molecule has 0 aliphatic heterocycles. The van der Waals surface area contributed by atoms with E-state index < -0.39 is 11.7 Å². The highest BCUT2D eigenvalue weighted by Crippen LogP contribution is 2.31. The molecule has 2 rings (SSSR count). The minimum Gasteiger partial charge on any atom is -0.298 e. The van der Waals surface area contributed by atoms with Crippen molar-refractivity contribution in [2.24, 2.45) is 0 Å². The van der Waals surface area contributed by atoms with Crippen molar-refractivity contribution in [1.82, 2.24) is 4.98 Å². The monoisotopic (exact) mass is 265 g/mol. The van der Waals surface area contributed by atoms with E-state index in [1.54, 1.807) is 19.1 Å².